The van der Waals surface area contributed by atoms with Crippen molar-refractivity contribution >= 4 is 12.0 Å². The average molecular weight is 364 g/mol. The van der Waals surface area contributed by atoms with Gasteiger partial charge in [-0.3, -0.25) is 0 Å². The number of rotatable bonds is 5. The molecular formula is C18H28N4O4. The van der Waals surface area contributed by atoms with Crippen molar-refractivity contribution in [3.63, 3.8) is 0 Å². The number of hydrogen-bond donors (Lipinski definition) is 3. The number of ether oxygens (including phenoxy) is 2. The van der Waals surface area contributed by atoms with Gasteiger partial charge in [-0.2, -0.15) is 0 Å². The number of alkyl carbamates (subject to hydrolysis) is 1. The lowest BCUT2D eigenvalue weighted by molar-refractivity contribution is 0.0690. The number of nitrogens with zero attached hydrogens (tertiary/aromatic N) is 2. The van der Waals surface area contributed by atoms with Crippen LogP contribution in [0.2, 0.25) is 0 Å². The lowest BCUT2D eigenvalue weighted by Gasteiger charge is -2.28. The molecule has 3 rings (SSSR count). The van der Waals surface area contributed by atoms with E-state index in [-0.39, 0.29) is 30.4 Å². The molecule has 2 aliphatic rings. The lowest BCUT2D eigenvalue weighted by atomic mass is 9.93. The fraction of sp³-hybridized carbons (Fsp3) is 0.722. The zero-order valence-electron chi connectivity index (χ0n) is 15.4. The fourth-order valence-corrected chi connectivity index (χ4v) is 3.36. The van der Waals surface area contributed by atoms with Gasteiger partial charge < -0.3 is 25.2 Å². The number of amides is 1. The highest BCUT2D eigenvalue weighted by molar-refractivity contribution is 5.67. The minimum Gasteiger partial charge on any atom is -0.444 e. The molecule has 0 aromatic carbocycles. The first-order chi connectivity index (χ1) is 12.5. The first kappa shape index (κ1) is 18.8. The third-order valence-corrected chi connectivity index (χ3v) is 4.73. The predicted octanol–water partition coefficient (Wildman–Crippen LogP) is 2.16. The zero-order chi connectivity index (χ0) is 18.5. The summed E-state index contributed by atoms with van der Waals surface area (Å²) in [6, 6.07) is 0.0475. The Kier molecular flexibility index (Phi) is 6.26. The number of aromatic nitrogens is 2. The van der Waals surface area contributed by atoms with E-state index < -0.39 is 6.09 Å². The van der Waals surface area contributed by atoms with Gasteiger partial charge in [-0.15, -0.1) is 0 Å². The Hall–Kier alpha value is -1.93. The molecule has 8 heteroatoms. The van der Waals surface area contributed by atoms with Crippen LogP contribution in [0, 0.1) is 0 Å². The molecule has 1 aliphatic carbocycles. The maximum atomic E-state index is 11.7. The predicted molar refractivity (Wildman–Crippen MR) is 95.8 cm³/mol. The molecule has 2 heterocycles. The molecule has 1 amide bonds. The molecule has 2 unspecified atom stereocenters. The number of carbonyl (C=O) groups is 1. The Labute approximate surface area is 153 Å². The summed E-state index contributed by atoms with van der Waals surface area (Å²) < 4.78 is 11.1. The van der Waals surface area contributed by atoms with Gasteiger partial charge in [0, 0.05) is 30.4 Å². The highest BCUT2D eigenvalue weighted by Crippen LogP contribution is 2.30. The Morgan fingerprint density at radius 1 is 1.31 bits per heavy atom. The van der Waals surface area contributed by atoms with E-state index in [2.05, 4.69) is 20.6 Å². The molecule has 1 aliphatic heterocycles. The summed E-state index contributed by atoms with van der Waals surface area (Å²) in [6.45, 7) is 4.13. The molecule has 0 radical (unpaired) electrons. The summed E-state index contributed by atoms with van der Waals surface area (Å²) in [5, 5.41) is 15.9. The molecule has 2 fully saturated rings. The second-order valence-electron chi connectivity index (χ2n) is 7.33. The topological polar surface area (TPSA) is 106 Å². The van der Waals surface area contributed by atoms with Crippen LogP contribution in [0.1, 0.15) is 57.6 Å². The molecule has 1 aromatic heterocycles. The lowest BCUT2D eigenvalue weighted by Crippen LogP contribution is -2.36. The van der Waals surface area contributed by atoms with Crippen molar-refractivity contribution in [1.82, 2.24) is 15.3 Å². The van der Waals surface area contributed by atoms with Crippen molar-refractivity contribution in [2.75, 3.05) is 11.9 Å². The Morgan fingerprint density at radius 2 is 2.04 bits per heavy atom. The monoisotopic (exact) mass is 364 g/mol. The second kappa shape index (κ2) is 8.64. The fourth-order valence-electron chi connectivity index (χ4n) is 3.36. The van der Waals surface area contributed by atoms with Crippen molar-refractivity contribution in [3.8, 4) is 0 Å². The van der Waals surface area contributed by atoms with Gasteiger partial charge in [-0.05, 0) is 26.7 Å². The smallest absolute Gasteiger partial charge is 0.407 e. The minimum atomic E-state index is -0.420. The van der Waals surface area contributed by atoms with Gasteiger partial charge in [0.05, 0.1) is 24.9 Å². The van der Waals surface area contributed by atoms with E-state index in [1.54, 1.807) is 12.4 Å². The van der Waals surface area contributed by atoms with Crippen LogP contribution >= 0.6 is 0 Å². The Balaban J connectivity index is 1.50. The molecule has 1 saturated heterocycles. The van der Waals surface area contributed by atoms with Crippen LogP contribution in [-0.4, -0.2) is 52.1 Å². The van der Waals surface area contributed by atoms with E-state index in [9.17, 15) is 9.90 Å². The van der Waals surface area contributed by atoms with Crippen molar-refractivity contribution in [2.45, 2.75) is 76.3 Å². The summed E-state index contributed by atoms with van der Waals surface area (Å²) >= 11 is 0. The van der Waals surface area contributed by atoms with E-state index in [0.29, 0.717) is 19.0 Å². The van der Waals surface area contributed by atoms with Crippen LogP contribution in [0.15, 0.2) is 12.4 Å². The van der Waals surface area contributed by atoms with Gasteiger partial charge in [0.15, 0.2) is 0 Å². The number of nitrogens with one attached hydrogen (secondary N) is 2. The molecule has 0 spiro atoms. The molecule has 8 nitrogen and oxygen atoms in total. The van der Waals surface area contributed by atoms with Crippen LogP contribution in [0.25, 0.3) is 0 Å². The average Bonchev–Trinajstić information content (AvgIpc) is 3.05. The molecule has 1 saturated carbocycles. The highest BCUT2D eigenvalue weighted by Gasteiger charge is 2.30. The normalized spacial score (nSPS) is 28.8. The van der Waals surface area contributed by atoms with Crippen molar-refractivity contribution in [3.05, 3.63) is 18.0 Å². The van der Waals surface area contributed by atoms with Gasteiger partial charge >= 0.3 is 6.09 Å². The summed E-state index contributed by atoms with van der Waals surface area (Å²) in [6.07, 6.45) is 6.74. The number of aliphatic hydroxyl groups is 1. The Morgan fingerprint density at radius 3 is 2.73 bits per heavy atom. The van der Waals surface area contributed by atoms with Crippen LogP contribution in [-0.2, 0) is 9.47 Å². The Bertz CT molecular complexity index is 595. The molecular weight excluding hydrogens is 336 g/mol. The van der Waals surface area contributed by atoms with Crippen molar-refractivity contribution in [2.24, 2.45) is 0 Å². The van der Waals surface area contributed by atoms with E-state index in [0.717, 1.165) is 31.2 Å². The highest BCUT2D eigenvalue weighted by atomic mass is 16.6. The van der Waals surface area contributed by atoms with E-state index in [4.69, 9.17) is 9.47 Å². The number of carbonyl (C=O) groups excluding carboxylic acids is 1. The first-order valence-corrected chi connectivity index (χ1v) is 9.36. The van der Waals surface area contributed by atoms with E-state index >= 15 is 0 Å². The molecule has 144 valence electrons. The quantitative estimate of drug-likeness (QED) is 0.735. The van der Waals surface area contributed by atoms with E-state index in [1.807, 2.05) is 13.8 Å². The van der Waals surface area contributed by atoms with E-state index in [1.165, 1.54) is 0 Å². The van der Waals surface area contributed by atoms with Gasteiger partial charge in [0.2, 0.25) is 5.95 Å². The van der Waals surface area contributed by atoms with Crippen LogP contribution < -0.4 is 10.6 Å². The third kappa shape index (κ3) is 5.04. The zero-order valence-corrected chi connectivity index (χ0v) is 15.4. The summed E-state index contributed by atoms with van der Waals surface area (Å²) in [5.74, 6) is 0.516. The van der Waals surface area contributed by atoms with Crippen molar-refractivity contribution < 1.29 is 19.4 Å². The van der Waals surface area contributed by atoms with Crippen LogP contribution in [0.4, 0.5) is 10.7 Å². The maximum absolute atomic E-state index is 11.7. The van der Waals surface area contributed by atoms with Gasteiger partial charge in [0.25, 0.3) is 0 Å². The molecule has 1 aromatic rings. The molecule has 4 atom stereocenters. The van der Waals surface area contributed by atoms with Crippen LogP contribution in [0.5, 0.6) is 0 Å². The molecule has 3 N–H and O–H groups in total. The first-order valence-electron chi connectivity index (χ1n) is 9.36. The number of aliphatic hydroxyl groups excluding tert-OH is 1. The van der Waals surface area contributed by atoms with Crippen molar-refractivity contribution in [1.29, 1.82) is 0 Å². The third-order valence-electron chi connectivity index (χ3n) is 4.73. The maximum Gasteiger partial charge on any atom is 0.407 e. The van der Waals surface area contributed by atoms with Crippen LogP contribution in [0.3, 0.4) is 0 Å². The molecule has 0 bridgehead atoms. The largest absolute Gasteiger partial charge is 0.444 e. The molecule has 26 heavy (non-hydrogen) atoms. The second-order valence-corrected chi connectivity index (χ2v) is 7.33. The SMILES string of the molecule is CC(C)NC(=O)OC1COC(c2cnc(N[C@@H]3CCCC[C@H]3O)nc2)C1. The minimum absolute atomic E-state index is 0.00887. The van der Waals surface area contributed by atoms with Gasteiger partial charge in [-0.25, -0.2) is 14.8 Å². The summed E-state index contributed by atoms with van der Waals surface area (Å²) in [4.78, 5) is 20.4. The number of anilines is 1. The number of hydrogen-bond acceptors (Lipinski definition) is 7. The summed E-state index contributed by atoms with van der Waals surface area (Å²) in [5.41, 5.74) is 0.857. The summed E-state index contributed by atoms with van der Waals surface area (Å²) in [7, 11) is 0. The van der Waals surface area contributed by atoms with Gasteiger partial charge in [0.1, 0.15) is 6.10 Å². The standard InChI is InChI=1S/C18H28N4O4/c1-11(2)21-18(24)26-13-7-16(25-10-13)12-8-19-17(20-9-12)22-14-5-3-4-6-15(14)23/h8-9,11,13-16,23H,3-7,10H2,1-2H3,(H,21,24)(H,19,20,22)/t13?,14-,15-,16?/m1/s1. The van der Waals surface area contributed by atoms with Gasteiger partial charge in [-0.1, -0.05) is 12.8 Å².